The number of hydrogen-bond donors (Lipinski definition) is 1. The molecule has 2 aliphatic carbocycles. The van der Waals surface area contributed by atoms with Crippen LogP contribution < -0.4 is 9.62 Å². The predicted octanol–water partition coefficient (Wildman–Crippen LogP) is 8.75. The highest BCUT2D eigenvalue weighted by molar-refractivity contribution is 7.97. The second kappa shape index (κ2) is 13.1. The number of hydrogen-bond acceptors (Lipinski definition) is 4. The summed E-state index contributed by atoms with van der Waals surface area (Å²) >= 11 is 7.83. The van der Waals surface area contributed by atoms with E-state index in [1.165, 1.54) is 16.7 Å². The summed E-state index contributed by atoms with van der Waals surface area (Å²) in [5.41, 5.74) is 4.67. The number of amides is 1. The van der Waals surface area contributed by atoms with Crippen LogP contribution in [0.5, 0.6) is 0 Å². The highest BCUT2D eigenvalue weighted by Gasteiger charge is 2.63. The van der Waals surface area contributed by atoms with Crippen molar-refractivity contribution in [1.82, 2.24) is 14.3 Å². The molecule has 0 aliphatic heterocycles. The monoisotopic (exact) mass is 600 g/mol. The van der Waals surface area contributed by atoms with E-state index in [1.807, 2.05) is 60.8 Å². The summed E-state index contributed by atoms with van der Waals surface area (Å²) in [5.74, 6) is 1.15. The van der Waals surface area contributed by atoms with Crippen molar-refractivity contribution < 1.29 is 4.79 Å². The molecule has 2 aliphatic rings. The van der Waals surface area contributed by atoms with E-state index >= 15 is 0 Å². The molecule has 3 aromatic carbocycles. The van der Waals surface area contributed by atoms with E-state index in [9.17, 15) is 4.79 Å². The van der Waals surface area contributed by atoms with Gasteiger partial charge in [-0.05, 0) is 83.6 Å². The second-order valence-electron chi connectivity index (χ2n) is 11.6. The number of nitrogens with zero attached hydrogens (tertiary/aromatic N) is 3. The van der Waals surface area contributed by atoms with Crippen LogP contribution in [0, 0.1) is 11.3 Å². The average molecular weight is 601 g/mol. The van der Waals surface area contributed by atoms with Crippen molar-refractivity contribution in [3.8, 4) is 0 Å². The van der Waals surface area contributed by atoms with Gasteiger partial charge in [0.15, 0.2) is 0 Å². The van der Waals surface area contributed by atoms with Crippen molar-refractivity contribution in [2.45, 2.75) is 70.4 Å². The minimum atomic E-state index is -0.107. The zero-order valence-electron chi connectivity index (χ0n) is 25.2. The van der Waals surface area contributed by atoms with Gasteiger partial charge in [0.1, 0.15) is 5.82 Å². The molecule has 1 amide bonds. The highest BCUT2D eigenvalue weighted by Crippen LogP contribution is 2.65. The van der Waals surface area contributed by atoms with E-state index in [4.69, 9.17) is 11.6 Å². The topological polar surface area (TPSA) is 50.2 Å². The first kappa shape index (κ1) is 30.4. The van der Waals surface area contributed by atoms with Crippen LogP contribution in [0.1, 0.15) is 75.0 Å². The Morgan fingerprint density at radius 2 is 1.88 bits per heavy atom. The van der Waals surface area contributed by atoms with E-state index in [-0.39, 0.29) is 29.2 Å². The largest absolute Gasteiger partial charge is 0.337 e. The first-order chi connectivity index (χ1) is 20.3. The first-order valence-electron chi connectivity index (χ1n) is 15.0. The number of benzene rings is 3. The van der Waals surface area contributed by atoms with Crippen LogP contribution in [0.2, 0.25) is 5.02 Å². The third kappa shape index (κ3) is 6.31. The molecule has 7 heteroatoms. The first-order valence-corrected chi connectivity index (χ1v) is 16.2. The maximum Gasteiger partial charge on any atom is 0.231 e. The lowest BCUT2D eigenvalue weighted by atomic mass is 9.87. The molecule has 0 spiro atoms. The number of halogens is 1. The Bertz CT molecular complexity index is 1520. The lowest BCUT2D eigenvalue weighted by Gasteiger charge is -2.29. The van der Waals surface area contributed by atoms with Crippen molar-refractivity contribution >= 4 is 35.1 Å². The maximum atomic E-state index is 14.4. The minimum Gasteiger partial charge on any atom is -0.337 e. The molecule has 1 heterocycles. The number of carbonyl (C=O) groups is 1. The number of aryl methyl sites for hydroxylation is 2. The summed E-state index contributed by atoms with van der Waals surface area (Å²) in [4.78, 5) is 22.0. The fourth-order valence-corrected chi connectivity index (χ4v) is 7.39. The van der Waals surface area contributed by atoms with Gasteiger partial charge in [0, 0.05) is 47.0 Å². The van der Waals surface area contributed by atoms with Gasteiger partial charge in [-0.15, -0.1) is 0 Å². The minimum absolute atomic E-state index is 0.0847. The Morgan fingerprint density at radius 1 is 1.10 bits per heavy atom. The molecule has 1 N–H and O–H groups in total. The van der Waals surface area contributed by atoms with Gasteiger partial charge in [0.05, 0.1) is 12.5 Å². The molecule has 3 atom stereocenters. The number of rotatable bonds is 8. The lowest BCUT2D eigenvalue weighted by Crippen LogP contribution is -2.34. The van der Waals surface area contributed by atoms with Crippen LogP contribution >= 0.6 is 23.5 Å². The molecular weight excluding hydrogens is 560 g/mol. The molecule has 4 aromatic rings. The standard InChI is InChI=1S/C33H35ClN4OS.C2H6/c1-33(2)30(23-9-5-4-6-10-23)31(33)32(39)38(21-29-35-17-18-37(29)3)25-16-15-22-11-7-14-28(27(22)20-25)36-40-26-13-8-12-24(34)19-26;1-2/h4-6,8-10,12-13,15-20,28,30-31,36H,7,11,14,21H2,1-3H3;1-2H3. The third-order valence-electron chi connectivity index (χ3n) is 8.61. The zero-order valence-corrected chi connectivity index (χ0v) is 26.8. The third-order valence-corrected chi connectivity index (χ3v) is 9.74. The van der Waals surface area contributed by atoms with Crippen molar-refractivity contribution in [2.75, 3.05) is 4.90 Å². The van der Waals surface area contributed by atoms with Crippen LogP contribution in [0.25, 0.3) is 0 Å². The number of carbonyl (C=O) groups excluding carboxylic acids is 1. The smallest absolute Gasteiger partial charge is 0.231 e. The van der Waals surface area contributed by atoms with Crippen molar-refractivity contribution in [1.29, 1.82) is 0 Å². The molecule has 1 saturated carbocycles. The molecule has 3 unspecified atom stereocenters. The van der Waals surface area contributed by atoms with Crippen molar-refractivity contribution in [2.24, 2.45) is 18.4 Å². The number of aromatic nitrogens is 2. The maximum absolute atomic E-state index is 14.4. The lowest BCUT2D eigenvalue weighted by molar-refractivity contribution is -0.120. The van der Waals surface area contributed by atoms with Gasteiger partial charge in [-0.2, -0.15) is 0 Å². The fourth-order valence-electron chi connectivity index (χ4n) is 6.28. The number of nitrogens with one attached hydrogen (secondary N) is 1. The molecular formula is C35H41ClN4OS. The molecule has 5 nitrogen and oxygen atoms in total. The summed E-state index contributed by atoms with van der Waals surface area (Å²) < 4.78 is 5.68. The Hall–Kier alpha value is -3.06. The normalized spacial score (nSPS) is 20.2. The summed E-state index contributed by atoms with van der Waals surface area (Å²) in [6.45, 7) is 8.86. The van der Waals surface area contributed by atoms with Gasteiger partial charge >= 0.3 is 0 Å². The zero-order chi connectivity index (χ0) is 29.9. The number of anilines is 1. The summed E-state index contributed by atoms with van der Waals surface area (Å²) in [6, 6.07) is 25.1. The Kier molecular flexibility index (Phi) is 9.46. The van der Waals surface area contributed by atoms with E-state index < -0.39 is 0 Å². The van der Waals surface area contributed by atoms with Gasteiger partial charge in [0.25, 0.3) is 0 Å². The van der Waals surface area contributed by atoms with Crippen molar-refractivity contribution in [3.05, 3.63) is 113 Å². The van der Waals surface area contributed by atoms with Crippen molar-refractivity contribution in [3.63, 3.8) is 0 Å². The van der Waals surface area contributed by atoms with Gasteiger partial charge < -0.3 is 9.47 Å². The summed E-state index contributed by atoms with van der Waals surface area (Å²) in [5, 5.41) is 0.735. The Balaban J connectivity index is 0.00000173. The number of fused-ring (bicyclic) bond motifs is 1. The highest BCUT2D eigenvalue weighted by atomic mass is 35.5. The van der Waals surface area contributed by atoms with Crippen LogP contribution in [0.3, 0.4) is 0 Å². The second-order valence-corrected chi connectivity index (χ2v) is 12.9. The SMILES string of the molecule is CC.Cn1ccnc1CN(C(=O)C1C(c2ccccc2)C1(C)C)c1ccc2c(c1)C(NSc1cccc(Cl)c1)CCC2. The van der Waals surface area contributed by atoms with Crippen LogP contribution in [0.4, 0.5) is 5.69 Å². The van der Waals surface area contributed by atoms with Gasteiger partial charge in [0.2, 0.25) is 5.91 Å². The van der Waals surface area contributed by atoms with E-state index in [0.29, 0.717) is 6.54 Å². The Morgan fingerprint density at radius 3 is 2.60 bits per heavy atom. The van der Waals surface area contributed by atoms with Gasteiger partial charge in [-0.25, -0.2) is 4.98 Å². The quantitative estimate of drug-likeness (QED) is 0.205. The molecule has 0 radical (unpaired) electrons. The van der Waals surface area contributed by atoms with Crippen LogP contribution in [0.15, 0.2) is 90.1 Å². The molecule has 6 rings (SSSR count). The van der Waals surface area contributed by atoms with Crippen LogP contribution in [-0.4, -0.2) is 15.5 Å². The van der Waals surface area contributed by atoms with Gasteiger partial charge in [-0.3, -0.25) is 9.52 Å². The summed E-state index contributed by atoms with van der Waals surface area (Å²) in [7, 11) is 1.98. The Labute approximate surface area is 259 Å². The molecule has 0 saturated heterocycles. The molecule has 1 fully saturated rings. The van der Waals surface area contributed by atoms with E-state index in [2.05, 4.69) is 72.1 Å². The van der Waals surface area contributed by atoms with Gasteiger partial charge in [-0.1, -0.05) is 81.8 Å². The molecule has 0 bridgehead atoms. The number of imidazole rings is 1. The molecule has 1 aromatic heterocycles. The predicted molar refractivity (Wildman–Crippen MR) is 175 cm³/mol. The average Bonchev–Trinajstić information content (AvgIpc) is 3.36. The van der Waals surface area contributed by atoms with E-state index in [0.717, 1.165) is 40.7 Å². The molecule has 220 valence electrons. The summed E-state index contributed by atoms with van der Waals surface area (Å²) in [6.07, 6.45) is 6.96. The van der Waals surface area contributed by atoms with Crippen LogP contribution in [-0.2, 0) is 24.8 Å². The van der Waals surface area contributed by atoms with E-state index in [1.54, 1.807) is 18.1 Å². The molecule has 42 heavy (non-hydrogen) atoms. The fraction of sp³-hybridized carbons (Fsp3) is 0.371.